The number of fused-ring (bicyclic) bond motifs is 1. The summed E-state index contributed by atoms with van der Waals surface area (Å²) in [4.78, 5) is 25.3. The van der Waals surface area contributed by atoms with E-state index in [0.717, 1.165) is 12.3 Å². The number of amidine groups is 1. The van der Waals surface area contributed by atoms with Crippen molar-refractivity contribution in [3.63, 3.8) is 0 Å². The number of rotatable bonds is 5. The molecule has 25 heavy (non-hydrogen) atoms. The number of carbonyl (C=O) groups is 1. The molecule has 0 unspecified atom stereocenters. The van der Waals surface area contributed by atoms with E-state index in [0.29, 0.717) is 10.9 Å². The molecule has 3 N–H and O–H groups in total. The van der Waals surface area contributed by atoms with Crippen LogP contribution in [0, 0.1) is 11.2 Å². The van der Waals surface area contributed by atoms with Crippen molar-refractivity contribution in [2.24, 2.45) is 10.7 Å². The summed E-state index contributed by atoms with van der Waals surface area (Å²) < 4.78 is 13.4. The molecule has 3 aromatic rings. The minimum Gasteiger partial charge on any atom is -0.387 e. The molecule has 0 aliphatic rings. The number of aromatic nitrogens is 2. The highest BCUT2D eigenvalue weighted by molar-refractivity contribution is 6.08. The molecular formula is C18H14FN5O. The summed E-state index contributed by atoms with van der Waals surface area (Å²) in [7, 11) is 0. The largest absolute Gasteiger partial charge is 0.387 e. The third kappa shape index (κ3) is 3.55. The van der Waals surface area contributed by atoms with Gasteiger partial charge in [-0.3, -0.25) is 4.79 Å². The van der Waals surface area contributed by atoms with Crippen molar-refractivity contribution in [3.8, 4) is 0 Å². The van der Waals surface area contributed by atoms with Crippen molar-refractivity contribution in [3.05, 3.63) is 65.7 Å². The summed E-state index contributed by atoms with van der Waals surface area (Å²) >= 11 is 0. The van der Waals surface area contributed by atoms with E-state index < -0.39 is 11.6 Å². The summed E-state index contributed by atoms with van der Waals surface area (Å²) in [6.45, 7) is 0. The molecule has 3 rings (SSSR count). The smallest absolute Gasteiger partial charge is 0.230 e. The highest BCUT2D eigenvalue weighted by Crippen LogP contribution is 2.23. The van der Waals surface area contributed by atoms with Crippen LogP contribution in [0.5, 0.6) is 0 Å². The summed E-state index contributed by atoms with van der Waals surface area (Å²) in [6.07, 6.45) is 1.30. The third-order valence-corrected chi connectivity index (χ3v) is 3.43. The third-order valence-electron chi connectivity index (χ3n) is 3.43. The van der Waals surface area contributed by atoms with E-state index in [2.05, 4.69) is 15.0 Å². The molecule has 0 radical (unpaired) electrons. The Bertz CT molecular complexity index is 1000. The summed E-state index contributed by atoms with van der Waals surface area (Å²) in [5.74, 6) is -0.675. The van der Waals surface area contributed by atoms with E-state index in [1.807, 2.05) is 0 Å². The van der Waals surface area contributed by atoms with Crippen molar-refractivity contribution in [1.29, 1.82) is 5.41 Å². The van der Waals surface area contributed by atoms with Crippen LogP contribution in [0.3, 0.4) is 0 Å². The molecule has 0 aliphatic heterocycles. The van der Waals surface area contributed by atoms with Gasteiger partial charge in [0.05, 0.1) is 5.52 Å². The normalized spacial score (nSPS) is 11.5. The van der Waals surface area contributed by atoms with Crippen LogP contribution in [0.1, 0.15) is 22.6 Å². The quantitative estimate of drug-likeness (QED) is 0.425. The van der Waals surface area contributed by atoms with Crippen LogP contribution in [0.25, 0.3) is 10.9 Å². The molecule has 0 saturated heterocycles. The van der Waals surface area contributed by atoms with E-state index in [-0.39, 0.29) is 29.5 Å². The number of para-hydroxylation sites is 1. The summed E-state index contributed by atoms with van der Waals surface area (Å²) in [6, 6.07) is 12.4. The van der Waals surface area contributed by atoms with Gasteiger partial charge in [-0.05, 0) is 24.3 Å². The first kappa shape index (κ1) is 16.4. The molecular weight excluding hydrogens is 321 g/mol. The fourth-order valence-corrected chi connectivity index (χ4v) is 2.29. The predicted octanol–water partition coefficient (Wildman–Crippen LogP) is 3.03. The van der Waals surface area contributed by atoms with E-state index in [4.69, 9.17) is 11.1 Å². The van der Waals surface area contributed by atoms with Crippen LogP contribution in [0.4, 0.5) is 10.2 Å². The van der Waals surface area contributed by atoms with Gasteiger partial charge in [-0.15, -0.1) is 0 Å². The van der Waals surface area contributed by atoms with Crippen LogP contribution < -0.4 is 5.73 Å². The average Bonchev–Trinajstić information content (AvgIpc) is 2.61. The molecule has 0 bridgehead atoms. The maximum atomic E-state index is 13.4. The van der Waals surface area contributed by atoms with Crippen LogP contribution >= 0.6 is 0 Å². The number of nitrogens with two attached hydrogens (primary N) is 1. The van der Waals surface area contributed by atoms with Gasteiger partial charge in [0.2, 0.25) is 11.6 Å². The zero-order valence-electron chi connectivity index (χ0n) is 13.1. The summed E-state index contributed by atoms with van der Waals surface area (Å²) in [5, 5.41) is 7.73. The second-order valence-electron chi connectivity index (χ2n) is 5.24. The second kappa shape index (κ2) is 6.96. The number of nitrogens with one attached hydrogen (secondary N) is 1. The molecule has 7 heteroatoms. The van der Waals surface area contributed by atoms with Crippen LogP contribution in [-0.2, 0) is 0 Å². The van der Waals surface area contributed by atoms with Gasteiger partial charge in [-0.1, -0.05) is 24.3 Å². The van der Waals surface area contributed by atoms with Gasteiger partial charge in [0.15, 0.2) is 5.82 Å². The maximum Gasteiger partial charge on any atom is 0.230 e. The predicted molar refractivity (Wildman–Crippen MR) is 94.1 cm³/mol. The zero-order valence-corrected chi connectivity index (χ0v) is 13.1. The lowest BCUT2D eigenvalue weighted by Gasteiger charge is -2.06. The fourth-order valence-electron chi connectivity index (χ4n) is 2.29. The zero-order chi connectivity index (χ0) is 17.8. The first-order valence-corrected chi connectivity index (χ1v) is 7.47. The Morgan fingerprint density at radius 2 is 2.00 bits per heavy atom. The highest BCUT2D eigenvalue weighted by atomic mass is 19.1. The SMILES string of the molecule is N=CCC(N)=Nc1nc(C(=O)c2cccc(F)c2)nc2ccccc12. The van der Waals surface area contributed by atoms with Crippen LogP contribution in [0.15, 0.2) is 53.5 Å². The van der Waals surface area contributed by atoms with Crippen molar-refractivity contribution in [2.75, 3.05) is 0 Å². The van der Waals surface area contributed by atoms with Gasteiger partial charge in [-0.2, -0.15) is 0 Å². The minimum absolute atomic E-state index is 0.0919. The molecule has 0 aliphatic carbocycles. The fraction of sp³-hybridized carbons (Fsp3) is 0.0556. The molecule has 124 valence electrons. The number of hydrogen-bond acceptors (Lipinski definition) is 5. The Balaban J connectivity index is 2.15. The maximum absolute atomic E-state index is 13.4. The van der Waals surface area contributed by atoms with Gasteiger partial charge in [0.1, 0.15) is 11.7 Å². The number of ketones is 1. The van der Waals surface area contributed by atoms with Gasteiger partial charge in [-0.25, -0.2) is 19.4 Å². The van der Waals surface area contributed by atoms with Crippen molar-refractivity contribution in [1.82, 2.24) is 9.97 Å². The Morgan fingerprint density at radius 1 is 1.20 bits per heavy atom. The molecule has 1 heterocycles. The van der Waals surface area contributed by atoms with E-state index in [1.165, 1.54) is 18.2 Å². The standard InChI is InChI=1S/C18H14FN5O/c19-12-5-3-4-11(10-12)16(25)18-22-14-7-2-1-6-13(14)17(24-18)23-15(21)8-9-20/h1-7,9-10,20H,8H2,(H2,21,22,23,24). The lowest BCUT2D eigenvalue weighted by atomic mass is 10.1. The number of aliphatic imine (C=N–C) groups is 1. The molecule has 0 saturated carbocycles. The number of benzene rings is 2. The van der Waals surface area contributed by atoms with Gasteiger partial charge < -0.3 is 11.1 Å². The lowest BCUT2D eigenvalue weighted by molar-refractivity contribution is 0.102. The Hall–Kier alpha value is -3.48. The van der Waals surface area contributed by atoms with Crippen molar-refractivity contribution < 1.29 is 9.18 Å². The van der Waals surface area contributed by atoms with Gasteiger partial charge >= 0.3 is 0 Å². The Labute approximate surface area is 142 Å². The topological polar surface area (TPSA) is 105 Å². The molecule has 0 fully saturated rings. The summed E-state index contributed by atoms with van der Waals surface area (Å²) in [5.41, 5.74) is 6.45. The van der Waals surface area contributed by atoms with E-state index >= 15 is 0 Å². The Kier molecular flexibility index (Phi) is 4.56. The average molecular weight is 335 g/mol. The number of hydrogen-bond donors (Lipinski definition) is 2. The molecule has 6 nitrogen and oxygen atoms in total. The number of carbonyl (C=O) groups excluding carboxylic acids is 1. The minimum atomic E-state index is -0.514. The van der Waals surface area contributed by atoms with E-state index in [9.17, 15) is 9.18 Å². The highest BCUT2D eigenvalue weighted by Gasteiger charge is 2.16. The number of halogens is 1. The molecule has 0 atom stereocenters. The van der Waals surface area contributed by atoms with Crippen molar-refractivity contribution in [2.45, 2.75) is 6.42 Å². The monoisotopic (exact) mass is 335 g/mol. The first-order chi connectivity index (χ1) is 12.1. The van der Waals surface area contributed by atoms with Gasteiger partial charge in [0.25, 0.3) is 0 Å². The molecule has 1 aromatic heterocycles. The molecule has 0 amide bonds. The lowest BCUT2D eigenvalue weighted by Crippen LogP contribution is -2.12. The van der Waals surface area contributed by atoms with Crippen LogP contribution in [0.2, 0.25) is 0 Å². The second-order valence-corrected chi connectivity index (χ2v) is 5.24. The molecule has 0 spiro atoms. The molecule has 2 aromatic carbocycles. The Morgan fingerprint density at radius 3 is 2.76 bits per heavy atom. The van der Waals surface area contributed by atoms with Crippen LogP contribution in [-0.4, -0.2) is 27.8 Å². The van der Waals surface area contributed by atoms with Crippen molar-refractivity contribution >= 4 is 34.6 Å². The first-order valence-electron chi connectivity index (χ1n) is 7.47. The van der Waals surface area contributed by atoms with E-state index in [1.54, 1.807) is 24.3 Å². The number of nitrogens with zero attached hydrogens (tertiary/aromatic N) is 3. The van der Waals surface area contributed by atoms with Gasteiger partial charge in [0, 0.05) is 23.6 Å².